The molecule has 2 nitrogen and oxygen atoms in total. The van der Waals surface area contributed by atoms with Crippen LogP contribution in [0.4, 0.5) is 0 Å². The molecule has 0 spiro atoms. The Kier molecular flexibility index (Phi) is 8.63. The van der Waals surface area contributed by atoms with Gasteiger partial charge in [-0.25, -0.2) is 0 Å². The highest BCUT2D eigenvalue weighted by Gasteiger charge is 2.04. The minimum Gasteiger partial charge on any atom is -1.00 e. The summed E-state index contributed by atoms with van der Waals surface area (Å²) in [6.07, 6.45) is 3.34. The topological polar surface area (TPSA) is 20.2 Å². The molecule has 0 aromatic rings. The number of rotatable bonds is 5. The van der Waals surface area contributed by atoms with Crippen molar-refractivity contribution in [3.8, 4) is 0 Å². The number of nitrogens with zero attached hydrogens (tertiary/aromatic N) is 1. The van der Waals surface area contributed by atoms with E-state index in [1.54, 1.807) is 0 Å². The molecule has 0 aromatic carbocycles. The number of quaternary nitrogens is 1. The Balaban J connectivity index is 0. The van der Waals surface area contributed by atoms with Crippen molar-refractivity contribution in [1.29, 1.82) is 0 Å². The van der Waals surface area contributed by atoms with E-state index in [0.717, 1.165) is 17.3 Å². The lowest BCUT2D eigenvalue weighted by molar-refractivity contribution is -0.870. The third kappa shape index (κ3) is 13.2. The zero-order valence-corrected chi connectivity index (χ0v) is 8.56. The predicted molar refractivity (Wildman–Crippen MR) is 43.8 cm³/mol. The van der Waals surface area contributed by atoms with Gasteiger partial charge in [-0.2, -0.15) is 0 Å². The number of halogens is 1. The van der Waals surface area contributed by atoms with Crippen LogP contribution in [0.5, 0.6) is 0 Å². The van der Waals surface area contributed by atoms with Gasteiger partial charge in [-0.1, -0.05) is 0 Å². The SMILES string of the molecule is C[N+](C)(C)CCCCCO.[Cl-]. The Labute approximate surface area is 76.2 Å². The Bertz CT molecular complexity index is 80.7. The maximum atomic E-state index is 8.49. The number of aliphatic hydroxyl groups is 1. The van der Waals surface area contributed by atoms with E-state index in [2.05, 4.69) is 21.1 Å². The van der Waals surface area contributed by atoms with Crippen LogP contribution >= 0.6 is 0 Å². The average molecular weight is 182 g/mol. The summed E-state index contributed by atoms with van der Waals surface area (Å²) in [5, 5.41) is 8.49. The molecule has 0 aromatic heterocycles. The molecule has 0 aliphatic rings. The summed E-state index contributed by atoms with van der Waals surface area (Å²) in [5.74, 6) is 0. The first kappa shape index (κ1) is 13.8. The lowest BCUT2D eigenvalue weighted by Gasteiger charge is -2.23. The highest BCUT2D eigenvalue weighted by atomic mass is 35.5. The van der Waals surface area contributed by atoms with E-state index in [4.69, 9.17) is 5.11 Å². The first-order valence-electron chi connectivity index (χ1n) is 3.97. The van der Waals surface area contributed by atoms with Crippen molar-refractivity contribution in [1.82, 2.24) is 0 Å². The van der Waals surface area contributed by atoms with Crippen molar-refractivity contribution in [3.63, 3.8) is 0 Å². The van der Waals surface area contributed by atoms with Crippen molar-refractivity contribution in [2.75, 3.05) is 34.3 Å². The molecule has 0 atom stereocenters. The van der Waals surface area contributed by atoms with Crippen molar-refractivity contribution in [2.24, 2.45) is 0 Å². The molecule has 0 fully saturated rings. The Morgan fingerprint density at radius 2 is 1.55 bits per heavy atom. The predicted octanol–water partition coefficient (Wildman–Crippen LogP) is -2.14. The molecule has 1 N–H and O–H groups in total. The average Bonchev–Trinajstić information content (AvgIpc) is 1.78. The summed E-state index contributed by atoms with van der Waals surface area (Å²) < 4.78 is 1.03. The number of hydrogen-bond donors (Lipinski definition) is 1. The number of hydrogen-bond acceptors (Lipinski definition) is 1. The number of unbranched alkanes of at least 4 members (excludes halogenated alkanes) is 2. The highest BCUT2D eigenvalue weighted by molar-refractivity contribution is 4.38. The minimum atomic E-state index is 0. The van der Waals surface area contributed by atoms with E-state index in [-0.39, 0.29) is 12.4 Å². The fourth-order valence-corrected chi connectivity index (χ4v) is 0.875. The van der Waals surface area contributed by atoms with Gasteiger partial charge in [0.2, 0.25) is 0 Å². The van der Waals surface area contributed by atoms with Gasteiger partial charge in [-0.15, -0.1) is 0 Å². The molecule has 0 unspecified atom stereocenters. The largest absolute Gasteiger partial charge is 1.00 e. The molecular weight excluding hydrogens is 162 g/mol. The maximum absolute atomic E-state index is 8.49. The molecule has 0 aliphatic carbocycles. The second kappa shape index (κ2) is 6.89. The lowest BCUT2D eigenvalue weighted by Crippen LogP contribution is -3.00. The summed E-state index contributed by atoms with van der Waals surface area (Å²) in [4.78, 5) is 0. The molecule has 0 saturated carbocycles. The third-order valence-electron chi connectivity index (χ3n) is 1.49. The van der Waals surface area contributed by atoms with Gasteiger partial charge in [0.25, 0.3) is 0 Å². The van der Waals surface area contributed by atoms with Gasteiger partial charge >= 0.3 is 0 Å². The maximum Gasteiger partial charge on any atom is 0.0780 e. The molecule has 0 saturated heterocycles. The van der Waals surface area contributed by atoms with E-state index in [1.165, 1.54) is 13.0 Å². The Morgan fingerprint density at radius 1 is 1.00 bits per heavy atom. The van der Waals surface area contributed by atoms with Gasteiger partial charge in [0.15, 0.2) is 0 Å². The van der Waals surface area contributed by atoms with Crippen molar-refractivity contribution in [2.45, 2.75) is 19.3 Å². The van der Waals surface area contributed by atoms with Crippen molar-refractivity contribution in [3.05, 3.63) is 0 Å². The smallest absolute Gasteiger partial charge is 0.0780 e. The molecule has 0 aliphatic heterocycles. The van der Waals surface area contributed by atoms with E-state index in [0.29, 0.717) is 6.61 Å². The van der Waals surface area contributed by atoms with Gasteiger partial charge in [0.05, 0.1) is 27.7 Å². The summed E-state index contributed by atoms with van der Waals surface area (Å²) in [6, 6.07) is 0. The summed E-state index contributed by atoms with van der Waals surface area (Å²) >= 11 is 0. The molecule has 11 heavy (non-hydrogen) atoms. The quantitative estimate of drug-likeness (QED) is 0.379. The molecule has 0 radical (unpaired) electrons. The number of aliphatic hydroxyl groups excluding tert-OH is 1. The van der Waals surface area contributed by atoms with Gasteiger partial charge in [-0.3, -0.25) is 0 Å². The van der Waals surface area contributed by atoms with Crippen LogP contribution in [-0.2, 0) is 0 Å². The van der Waals surface area contributed by atoms with Crippen molar-refractivity contribution < 1.29 is 22.0 Å². The Hall–Kier alpha value is 0.210. The van der Waals surface area contributed by atoms with E-state index in [9.17, 15) is 0 Å². The molecule has 0 bridgehead atoms. The normalized spacial score (nSPS) is 10.9. The van der Waals surface area contributed by atoms with Crippen LogP contribution in [0.2, 0.25) is 0 Å². The summed E-state index contributed by atoms with van der Waals surface area (Å²) in [5.41, 5.74) is 0. The second-order valence-corrected chi connectivity index (χ2v) is 3.80. The fraction of sp³-hybridized carbons (Fsp3) is 1.00. The van der Waals surface area contributed by atoms with E-state index >= 15 is 0 Å². The lowest BCUT2D eigenvalue weighted by atomic mass is 10.2. The summed E-state index contributed by atoms with van der Waals surface area (Å²) in [6.45, 7) is 1.55. The Morgan fingerprint density at radius 3 is 1.91 bits per heavy atom. The fourth-order valence-electron chi connectivity index (χ4n) is 0.875. The van der Waals surface area contributed by atoms with Gasteiger partial charge < -0.3 is 22.0 Å². The van der Waals surface area contributed by atoms with Gasteiger partial charge in [0.1, 0.15) is 0 Å². The standard InChI is InChI=1S/C8H20NO.ClH/c1-9(2,3)7-5-4-6-8-10;/h10H,4-8H2,1-3H3;1H/q+1;/p-1. The van der Waals surface area contributed by atoms with Gasteiger partial charge in [-0.05, 0) is 19.3 Å². The molecule has 3 heteroatoms. The zero-order chi connectivity index (χ0) is 8.04. The second-order valence-electron chi connectivity index (χ2n) is 3.80. The molecule has 70 valence electrons. The van der Waals surface area contributed by atoms with Crippen LogP contribution in [-0.4, -0.2) is 43.9 Å². The zero-order valence-electron chi connectivity index (χ0n) is 7.81. The first-order chi connectivity index (χ1) is 4.56. The van der Waals surface area contributed by atoms with Gasteiger partial charge in [0, 0.05) is 6.61 Å². The van der Waals surface area contributed by atoms with Crippen LogP contribution < -0.4 is 12.4 Å². The van der Waals surface area contributed by atoms with Crippen LogP contribution in [0.25, 0.3) is 0 Å². The third-order valence-corrected chi connectivity index (χ3v) is 1.49. The highest BCUT2D eigenvalue weighted by Crippen LogP contribution is 1.99. The molecule has 0 rings (SSSR count). The van der Waals surface area contributed by atoms with E-state index in [1.807, 2.05) is 0 Å². The van der Waals surface area contributed by atoms with E-state index < -0.39 is 0 Å². The monoisotopic (exact) mass is 181 g/mol. The summed E-state index contributed by atoms with van der Waals surface area (Å²) in [7, 11) is 6.58. The van der Waals surface area contributed by atoms with Crippen molar-refractivity contribution >= 4 is 0 Å². The van der Waals surface area contributed by atoms with Crippen LogP contribution in [0.1, 0.15) is 19.3 Å². The molecule has 0 heterocycles. The molecular formula is C8H20ClNO. The van der Waals surface area contributed by atoms with Crippen LogP contribution in [0.15, 0.2) is 0 Å². The van der Waals surface area contributed by atoms with Crippen LogP contribution in [0.3, 0.4) is 0 Å². The minimum absolute atomic E-state index is 0. The molecule has 0 amide bonds. The van der Waals surface area contributed by atoms with Crippen LogP contribution in [0, 0.1) is 0 Å². The first-order valence-corrected chi connectivity index (χ1v) is 3.97.